The molecule has 0 spiro atoms. The quantitative estimate of drug-likeness (QED) is 0.350. The number of fused-ring (bicyclic) bond motifs is 3. The van der Waals surface area contributed by atoms with Gasteiger partial charge in [-0.2, -0.15) is 0 Å². The number of H-pyrrole nitrogens is 1. The molecule has 0 saturated heterocycles. The van der Waals surface area contributed by atoms with Gasteiger partial charge in [-0.25, -0.2) is 4.98 Å². The van der Waals surface area contributed by atoms with Gasteiger partial charge in [0.05, 0.1) is 25.4 Å². The van der Waals surface area contributed by atoms with Crippen molar-refractivity contribution in [1.82, 2.24) is 15.3 Å². The number of hydrogen-bond acceptors (Lipinski definition) is 4. The fraction of sp³-hybridized carbons (Fsp3) is 0.143. The van der Waals surface area contributed by atoms with Gasteiger partial charge in [0.2, 0.25) is 0 Å². The fourth-order valence-corrected chi connectivity index (χ4v) is 4.21. The number of hydrogen-bond donors (Lipinski definition) is 2. The van der Waals surface area contributed by atoms with Crippen molar-refractivity contribution in [3.8, 4) is 22.8 Å². The molecule has 0 aliphatic carbocycles. The first-order valence-corrected chi connectivity index (χ1v) is 11.1. The molecular formula is C28H25N3O3. The van der Waals surface area contributed by atoms with Crippen LogP contribution in [0.5, 0.6) is 11.5 Å². The van der Waals surface area contributed by atoms with E-state index in [1.54, 1.807) is 14.2 Å². The predicted octanol–water partition coefficient (Wildman–Crippen LogP) is 5.64. The zero-order valence-corrected chi connectivity index (χ0v) is 19.3. The molecular weight excluding hydrogens is 426 g/mol. The lowest BCUT2D eigenvalue weighted by molar-refractivity contribution is 0.0946. The number of carbonyl (C=O) groups is 1. The smallest absolute Gasteiger partial charge is 0.270 e. The van der Waals surface area contributed by atoms with Gasteiger partial charge in [0.1, 0.15) is 5.69 Å². The number of aromatic amines is 1. The van der Waals surface area contributed by atoms with Crippen LogP contribution in [0, 0.1) is 6.92 Å². The van der Waals surface area contributed by atoms with Gasteiger partial charge in [-0.3, -0.25) is 4.79 Å². The Hall–Kier alpha value is -4.32. The van der Waals surface area contributed by atoms with Gasteiger partial charge in [-0.1, -0.05) is 54.1 Å². The Balaban J connectivity index is 1.64. The minimum atomic E-state index is -0.240. The van der Waals surface area contributed by atoms with E-state index in [9.17, 15) is 4.79 Å². The molecule has 2 aromatic heterocycles. The second-order valence-electron chi connectivity index (χ2n) is 8.16. The van der Waals surface area contributed by atoms with Gasteiger partial charge in [0, 0.05) is 28.4 Å². The van der Waals surface area contributed by atoms with Crippen LogP contribution in [0.2, 0.25) is 0 Å². The molecule has 0 saturated carbocycles. The Labute approximate surface area is 197 Å². The van der Waals surface area contributed by atoms with Crippen LogP contribution in [-0.4, -0.2) is 30.1 Å². The number of aromatic nitrogens is 2. The van der Waals surface area contributed by atoms with Crippen molar-refractivity contribution in [2.24, 2.45) is 0 Å². The van der Waals surface area contributed by atoms with Gasteiger partial charge in [0.25, 0.3) is 5.91 Å². The van der Waals surface area contributed by atoms with E-state index < -0.39 is 0 Å². The molecule has 0 bridgehead atoms. The van der Waals surface area contributed by atoms with Crippen LogP contribution in [0.15, 0.2) is 72.8 Å². The first kappa shape index (κ1) is 21.5. The van der Waals surface area contributed by atoms with Gasteiger partial charge in [0.15, 0.2) is 11.5 Å². The van der Waals surface area contributed by atoms with E-state index in [1.165, 1.54) is 5.56 Å². The Morgan fingerprint density at radius 1 is 0.941 bits per heavy atom. The third kappa shape index (κ3) is 3.83. The molecule has 5 aromatic rings. The summed E-state index contributed by atoms with van der Waals surface area (Å²) in [6.45, 7) is 2.46. The monoisotopic (exact) mass is 451 g/mol. The number of nitrogens with one attached hydrogen (secondary N) is 2. The molecule has 2 heterocycles. The number of methoxy groups -OCH3 is 2. The molecule has 0 aliphatic rings. The summed E-state index contributed by atoms with van der Waals surface area (Å²) in [7, 11) is 3.20. The van der Waals surface area contributed by atoms with Crippen LogP contribution in [0.1, 0.15) is 21.6 Å². The summed E-state index contributed by atoms with van der Waals surface area (Å²) in [5.41, 5.74) is 5.73. The van der Waals surface area contributed by atoms with Gasteiger partial charge in [-0.15, -0.1) is 0 Å². The highest BCUT2D eigenvalue weighted by Crippen LogP contribution is 2.41. The maximum absolute atomic E-state index is 13.2. The first-order valence-electron chi connectivity index (χ1n) is 11.1. The maximum Gasteiger partial charge on any atom is 0.270 e. The fourth-order valence-electron chi connectivity index (χ4n) is 4.21. The zero-order valence-electron chi connectivity index (χ0n) is 19.3. The SMILES string of the molecule is COc1cccc(-c2nc(C(=O)NCc3ccc(C)cc3)cc3c2[nH]c2ccccc23)c1OC. The van der Waals surface area contributed by atoms with E-state index in [4.69, 9.17) is 14.5 Å². The van der Waals surface area contributed by atoms with Crippen molar-refractivity contribution in [1.29, 1.82) is 0 Å². The standard InChI is InChI=1S/C28H25N3O3/c1-17-11-13-18(14-12-17)16-29-28(32)23-15-21-19-7-4-5-9-22(19)30-26(21)25(31-23)20-8-6-10-24(33-2)27(20)34-3/h4-15,30H,16H2,1-3H3,(H,29,32). The highest BCUT2D eigenvalue weighted by molar-refractivity contribution is 6.13. The first-order chi connectivity index (χ1) is 16.6. The topological polar surface area (TPSA) is 76.2 Å². The number of ether oxygens (including phenoxy) is 2. The normalized spacial score (nSPS) is 11.0. The van der Waals surface area contributed by atoms with E-state index in [0.717, 1.165) is 32.9 Å². The third-order valence-electron chi connectivity index (χ3n) is 5.96. The molecule has 6 nitrogen and oxygen atoms in total. The molecule has 34 heavy (non-hydrogen) atoms. The summed E-state index contributed by atoms with van der Waals surface area (Å²) in [5, 5.41) is 4.95. The Morgan fingerprint density at radius 3 is 2.50 bits per heavy atom. The molecule has 0 aliphatic heterocycles. The minimum absolute atomic E-state index is 0.240. The minimum Gasteiger partial charge on any atom is -0.493 e. The number of para-hydroxylation sites is 2. The molecule has 6 heteroatoms. The second kappa shape index (κ2) is 8.90. The largest absolute Gasteiger partial charge is 0.493 e. The van der Waals surface area contributed by atoms with Crippen LogP contribution in [-0.2, 0) is 6.54 Å². The van der Waals surface area contributed by atoms with Gasteiger partial charge >= 0.3 is 0 Å². The molecule has 0 unspecified atom stereocenters. The highest BCUT2D eigenvalue weighted by Gasteiger charge is 2.20. The summed E-state index contributed by atoms with van der Waals surface area (Å²) < 4.78 is 11.2. The molecule has 0 radical (unpaired) electrons. The average molecular weight is 452 g/mol. The highest BCUT2D eigenvalue weighted by atomic mass is 16.5. The van der Waals surface area contributed by atoms with E-state index in [2.05, 4.69) is 10.3 Å². The van der Waals surface area contributed by atoms with Gasteiger partial charge in [-0.05, 0) is 36.8 Å². The predicted molar refractivity (Wildman–Crippen MR) is 134 cm³/mol. The molecule has 170 valence electrons. The Kier molecular flexibility index (Phi) is 5.64. The lowest BCUT2D eigenvalue weighted by Gasteiger charge is -2.14. The van der Waals surface area contributed by atoms with Crippen LogP contribution in [0.4, 0.5) is 0 Å². The lowest BCUT2D eigenvalue weighted by atomic mass is 10.0. The zero-order chi connectivity index (χ0) is 23.7. The van der Waals surface area contributed by atoms with Crippen LogP contribution < -0.4 is 14.8 Å². The summed E-state index contributed by atoms with van der Waals surface area (Å²) in [5.74, 6) is 0.922. The lowest BCUT2D eigenvalue weighted by Crippen LogP contribution is -2.24. The number of amides is 1. The molecule has 1 amide bonds. The van der Waals surface area contributed by atoms with Crippen LogP contribution >= 0.6 is 0 Å². The van der Waals surface area contributed by atoms with Crippen molar-refractivity contribution in [3.05, 3.63) is 89.6 Å². The third-order valence-corrected chi connectivity index (χ3v) is 5.96. The average Bonchev–Trinajstić information content (AvgIpc) is 3.25. The van der Waals surface area contributed by atoms with Crippen molar-refractivity contribution < 1.29 is 14.3 Å². The van der Waals surface area contributed by atoms with E-state index in [1.807, 2.05) is 79.7 Å². The molecule has 0 fully saturated rings. The molecule has 0 atom stereocenters. The number of carbonyl (C=O) groups excluding carboxylic acids is 1. The Morgan fingerprint density at radius 2 is 1.74 bits per heavy atom. The van der Waals surface area contributed by atoms with Crippen molar-refractivity contribution in [2.75, 3.05) is 14.2 Å². The van der Waals surface area contributed by atoms with Gasteiger partial charge < -0.3 is 19.8 Å². The van der Waals surface area contributed by atoms with E-state index in [0.29, 0.717) is 29.4 Å². The molecule has 5 rings (SSSR count). The Bertz CT molecular complexity index is 1500. The number of nitrogens with zero attached hydrogens (tertiary/aromatic N) is 1. The summed E-state index contributed by atoms with van der Waals surface area (Å²) in [6, 6.07) is 23.6. The van der Waals surface area contributed by atoms with Crippen molar-refractivity contribution in [3.63, 3.8) is 0 Å². The summed E-state index contributed by atoms with van der Waals surface area (Å²) >= 11 is 0. The second-order valence-corrected chi connectivity index (χ2v) is 8.16. The number of aryl methyl sites for hydroxylation is 1. The number of benzene rings is 3. The van der Waals surface area contributed by atoms with Crippen molar-refractivity contribution in [2.45, 2.75) is 13.5 Å². The summed E-state index contributed by atoms with van der Waals surface area (Å²) in [4.78, 5) is 21.5. The van der Waals surface area contributed by atoms with E-state index in [-0.39, 0.29) is 5.91 Å². The summed E-state index contributed by atoms with van der Waals surface area (Å²) in [6.07, 6.45) is 0. The van der Waals surface area contributed by atoms with E-state index >= 15 is 0 Å². The maximum atomic E-state index is 13.2. The number of pyridine rings is 1. The molecule has 3 aromatic carbocycles. The number of rotatable bonds is 6. The van der Waals surface area contributed by atoms with Crippen molar-refractivity contribution >= 4 is 27.7 Å². The van der Waals surface area contributed by atoms with Crippen LogP contribution in [0.3, 0.4) is 0 Å². The molecule has 2 N–H and O–H groups in total. The van der Waals surface area contributed by atoms with Crippen LogP contribution in [0.25, 0.3) is 33.1 Å².